The number of imidazole rings is 1. The third kappa shape index (κ3) is 6.79. The van der Waals surface area contributed by atoms with Crippen LogP contribution in [0.25, 0.3) is 23.2 Å². The second-order valence-electron chi connectivity index (χ2n) is 8.29. The summed E-state index contributed by atoms with van der Waals surface area (Å²) >= 11 is 0. The lowest BCUT2D eigenvalue weighted by Gasteiger charge is -2.07. The lowest BCUT2D eigenvalue weighted by molar-refractivity contribution is -0.116. The van der Waals surface area contributed by atoms with Gasteiger partial charge in [0.05, 0.1) is 11.0 Å². The number of nitrogens with zero attached hydrogens (tertiary/aromatic N) is 2. The van der Waals surface area contributed by atoms with E-state index in [-0.39, 0.29) is 5.91 Å². The molecular weight excluding hydrogens is 418 g/mol. The van der Waals surface area contributed by atoms with Gasteiger partial charge in [-0.1, -0.05) is 91.4 Å². The summed E-state index contributed by atoms with van der Waals surface area (Å²) in [4.78, 5) is 16.9. The number of amides is 1. The van der Waals surface area contributed by atoms with Crippen molar-refractivity contribution in [2.24, 2.45) is 0 Å². The van der Waals surface area contributed by atoms with Crippen molar-refractivity contribution in [2.75, 3.05) is 6.54 Å². The zero-order chi connectivity index (χ0) is 23.4. The van der Waals surface area contributed by atoms with Gasteiger partial charge in [0.2, 0.25) is 5.91 Å². The molecule has 0 fully saturated rings. The molecule has 4 rings (SSSR count). The predicted octanol–water partition coefficient (Wildman–Crippen LogP) is 6.29. The van der Waals surface area contributed by atoms with Crippen molar-refractivity contribution in [3.8, 4) is 0 Å². The largest absolute Gasteiger partial charge is 0.353 e. The SMILES string of the molecule is O=C(/C=C/c1ccccc1)NCCCCCc1nc2ccccc2n1C/C=C/c1ccccc1. The standard InChI is InChI=1S/C30H31N3O/c34-30(22-21-26-15-6-2-7-16-26)31-23-11-3-8-20-29-32-27-18-9-10-19-28(27)33(29)24-12-17-25-13-4-1-5-14-25/h1-2,4-7,9-10,12-19,21-22H,3,8,11,20,23-24H2,(H,31,34)/b17-12+,22-21+. The molecule has 4 heteroatoms. The van der Waals surface area contributed by atoms with E-state index in [1.165, 1.54) is 11.1 Å². The molecule has 4 nitrogen and oxygen atoms in total. The molecule has 0 aliphatic carbocycles. The third-order valence-corrected chi connectivity index (χ3v) is 5.73. The molecule has 0 atom stereocenters. The Hall–Kier alpha value is -3.92. The van der Waals surface area contributed by atoms with Crippen LogP contribution in [0.2, 0.25) is 0 Å². The minimum absolute atomic E-state index is 0.0455. The first-order chi connectivity index (χ1) is 16.8. The number of carbonyl (C=O) groups excluding carboxylic acids is 1. The average molecular weight is 450 g/mol. The number of carbonyl (C=O) groups is 1. The third-order valence-electron chi connectivity index (χ3n) is 5.73. The average Bonchev–Trinajstić information content (AvgIpc) is 3.23. The van der Waals surface area contributed by atoms with Crippen molar-refractivity contribution >= 4 is 29.1 Å². The number of hydrogen-bond donors (Lipinski definition) is 1. The summed E-state index contributed by atoms with van der Waals surface area (Å²) in [6.45, 7) is 1.49. The molecule has 0 aliphatic heterocycles. The second-order valence-corrected chi connectivity index (χ2v) is 8.29. The molecule has 0 radical (unpaired) electrons. The Balaban J connectivity index is 1.25. The zero-order valence-electron chi connectivity index (χ0n) is 19.4. The Morgan fingerprint density at radius 2 is 1.47 bits per heavy atom. The first-order valence-corrected chi connectivity index (χ1v) is 12.0. The van der Waals surface area contributed by atoms with E-state index in [0.29, 0.717) is 6.54 Å². The van der Waals surface area contributed by atoms with E-state index in [1.54, 1.807) is 6.08 Å². The van der Waals surface area contributed by atoms with Crippen molar-refractivity contribution in [2.45, 2.75) is 32.2 Å². The maximum Gasteiger partial charge on any atom is 0.243 e. The molecule has 1 N–H and O–H groups in total. The minimum Gasteiger partial charge on any atom is -0.353 e. The Bertz CT molecular complexity index is 1240. The monoisotopic (exact) mass is 449 g/mol. The molecule has 1 heterocycles. The number of allylic oxidation sites excluding steroid dienone is 1. The van der Waals surface area contributed by atoms with E-state index < -0.39 is 0 Å². The Labute approximate surface area is 201 Å². The first-order valence-electron chi connectivity index (χ1n) is 12.0. The summed E-state index contributed by atoms with van der Waals surface area (Å²) in [5.74, 6) is 1.07. The van der Waals surface area contributed by atoms with Gasteiger partial charge in [-0.05, 0) is 42.2 Å². The Kier molecular flexibility index (Phi) is 8.45. The number of unbranched alkanes of at least 4 members (excludes halogenated alkanes) is 2. The lowest BCUT2D eigenvalue weighted by atomic mass is 10.2. The number of aromatic nitrogens is 2. The fourth-order valence-electron chi connectivity index (χ4n) is 3.97. The normalized spacial score (nSPS) is 11.5. The molecule has 0 saturated carbocycles. The van der Waals surface area contributed by atoms with Crippen LogP contribution in [0.1, 0.15) is 36.2 Å². The van der Waals surface area contributed by atoms with E-state index in [4.69, 9.17) is 4.98 Å². The van der Waals surface area contributed by atoms with Crippen LogP contribution in [-0.2, 0) is 17.8 Å². The van der Waals surface area contributed by atoms with E-state index in [9.17, 15) is 4.79 Å². The number of rotatable bonds is 11. The van der Waals surface area contributed by atoms with Gasteiger partial charge in [-0.25, -0.2) is 4.98 Å². The molecule has 0 saturated heterocycles. The van der Waals surface area contributed by atoms with Gasteiger partial charge < -0.3 is 9.88 Å². The highest BCUT2D eigenvalue weighted by Gasteiger charge is 2.09. The highest BCUT2D eigenvalue weighted by molar-refractivity contribution is 5.91. The van der Waals surface area contributed by atoms with E-state index in [1.807, 2.05) is 48.5 Å². The number of hydrogen-bond acceptors (Lipinski definition) is 2. The molecule has 1 aromatic heterocycles. The van der Waals surface area contributed by atoms with Gasteiger partial charge in [0.25, 0.3) is 0 Å². The van der Waals surface area contributed by atoms with Crippen molar-refractivity contribution in [3.05, 3.63) is 114 Å². The second kappa shape index (κ2) is 12.4. The number of benzene rings is 3. The number of fused-ring (bicyclic) bond motifs is 1. The van der Waals surface area contributed by atoms with Crippen LogP contribution in [0.5, 0.6) is 0 Å². The van der Waals surface area contributed by atoms with Crippen LogP contribution >= 0.6 is 0 Å². The van der Waals surface area contributed by atoms with Crippen molar-refractivity contribution in [3.63, 3.8) is 0 Å². The van der Waals surface area contributed by atoms with Gasteiger partial charge in [-0.3, -0.25) is 4.79 Å². The van der Waals surface area contributed by atoms with Gasteiger partial charge >= 0.3 is 0 Å². The van der Waals surface area contributed by atoms with Gasteiger partial charge in [0.15, 0.2) is 0 Å². The predicted molar refractivity (Wildman–Crippen MR) is 141 cm³/mol. The fraction of sp³-hybridized carbons (Fsp3) is 0.200. The van der Waals surface area contributed by atoms with E-state index in [2.05, 4.69) is 64.5 Å². The summed E-state index contributed by atoms with van der Waals surface area (Å²) in [5, 5.41) is 2.97. The fourth-order valence-corrected chi connectivity index (χ4v) is 3.97. The molecule has 0 aliphatic rings. The Morgan fingerprint density at radius 3 is 2.24 bits per heavy atom. The minimum atomic E-state index is -0.0455. The topological polar surface area (TPSA) is 46.9 Å². The summed E-state index contributed by atoms with van der Waals surface area (Å²) in [6, 6.07) is 28.5. The quantitative estimate of drug-likeness (QED) is 0.216. The van der Waals surface area contributed by atoms with Gasteiger partial charge in [-0.15, -0.1) is 0 Å². The summed E-state index contributed by atoms with van der Waals surface area (Å²) < 4.78 is 2.31. The zero-order valence-corrected chi connectivity index (χ0v) is 19.4. The molecule has 0 bridgehead atoms. The smallest absolute Gasteiger partial charge is 0.243 e. The van der Waals surface area contributed by atoms with Gasteiger partial charge in [0.1, 0.15) is 5.82 Å². The highest BCUT2D eigenvalue weighted by atomic mass is 16.1. The molecule has 34 heavy (non-hydrogen) atoms. The number of nitrogens with one attached hydrogen (secondary N) is 1. The molecule has 0 spiro atoms. The van der Waals surface area contributed by atoms with E-state index in [0.717, 1.165) is 49.1 Å². The molecule has 4 aromatic rings. The van der Waals surface area contributed by atoms with Crippen molar-refractivity contribution < 1.29 is 4.79 Å². The molecule has 0 unspecified atom stereocenters. The number of aryl methyl sites for hydroxylation is 1. The van der Waals surface area contributed by atoms with Crippen molar-refractivity contribution in [1.29, 1.82) is 0 Å². The first kappa shape index (κ1) is 23.2. The van der Waals surface area contributed by atoms with Gasteiger partial charge in [0, 0.05) is 25.6 Å². The summed E-state index contributed by atoms with van der Waals surface area (Å²) in [7, 11) is 0. The Morgan fingerprint density at radius 1 is 0.794 bits per heavy atom. The molecule has 3 aromatic carbocycles. The molecule has 172 valence electrons. The van der Waals surface area contributed by atoms with Crippen LogP contribution in [0.3, 0.4) is 0 Å². The molecular formula is C30H31N3O. The van der Waals surface area contributed by atoms with Crippen LogP contribution < -0.4 is 5.32 Å². The van der Waals surface area contributed by atoms with Crippen LogP contribution in [0, 0.1) is 0 Å². The highest BCUT2D eigenvalue weighted by Crippen LogP contribution is 2.18. The molecule has 1 amide bonds. The lowest BCUT2D eigenvalue weighted by Crippen LogP contribution is -2.22. The van der Waals surface area contributed by atoms with Crippen LogP contribution in [0.15, 0.2) is 97.1 Å². The maximum atomic E-state index is 12.0. The summed E-state index contributed by atoms with van der Waals surface area (Å²) in [5.41, 5.74) is 4.45. The van der Waals surface area contributed by atoms with Gasteiger partial charge in [-0.2, -0.15) is 0 Å². The van der Waals surface area contributed by atoms with Crippen molar-refractivity contribution in [1.82, 2.24) is 14.9 Å². The summed E-state index contributed by atoms with van der Waals surface area (Å²) in [6.07, 6.45) is 11.8. The number of para-hydroxylation sites is 2. The maximum absolute atomic E-state index is 12.0. The van der Waals surface area contributed by atoms with Crippen LogP contribution in [0.4, 0.5) is 0 Å². The van der Waals surface area contributed by atoms with E-state index >= 15 is 0 Å². The van der Waals surface area contributed by atoms with Crippen LogP contribution in [-0.4, -0.2) is 22.0 Å².